The number of rotatable bonds is 6. The molecule has 0 saturated heterocycles. The summed E-state index contributed by atoms with van der Waals surface area (Å²) >= 11 is 0. The zero-order chi connectivity index (χ0) is 19.7. The van der Waals surface area contributed by atoms with Crippen molar-refractivity contribution >= 4 is 17.2 Å². The maximum Gasteiger partial charge on any atom is 0.259 e. The van der Waals surface area contributed by atoms with Crippen molar-refractivity contribution in [2.75, 3.05) is 12.4 Å². The average Bonchev–Trinajstić information content (AvgIpc) is 3.41. The van der Waals surface area contributed by atoms with Gasteiger partial charge in [-0.15, -0.1) is 10.2 Å². The Morgan fingerprint density at radius 3 is 3.00 bits per heavy atom. The van der Waals surface area contributed by atoms with Crippen molar-refractivity contribution in [1.29, 1.82) is 0 Å². The fourth-order valence-electron chi connectivity index (χ4n) is 2.74. The predicted octanol–water partition coefficient (Wildman–Crippen LogP) is 2.25. The van der Waals surface area contributed by atoms with Crippen LogP contribution in [0.4, 0.5) is 10.2 Å². The van der Waals surface area contributed by atoms with E-state index in [-0.39, 0.29) is 24.2 Å². The minimum atomic E-state index is -1.35. The lowest BCUT2D eigenvalue weighted by Crippen LogP contribution is -2.15. The first-order valence-corrected chi connectivity index (χ1v) is 8.35. The summed E-state index contributed by atoms with van der Waals surface area (Å²) in [7, 11) is 1.52. The fraction of sp³-hybridized carbons (Fsp3) is 0.235. The van der Waals surface area contributed by atoms with Gasteiger partial charge in [-0.05, 0) is 13.0 Å². The van der Waals surface area contributed by atoms with Crippen LogP contribution in [-0.2, 0) is 6.54 Å². The Morgan fingerprint density at radius 1 is 1.39 bits per heavy atom. The SMILES string of the molecule is COc1ccnn2ccc(C(=O)Nc3cncn3Cc3nnc([C@H](C)F)o3)c12. The van der Waals surface area contributed by atoms with Crippen LogP contribution in [0.2, 0.25) is 0 Å². The monoisotopic (exact) mass is 385 g/mol. The molecule has 0 aromatic carbocycles. The molecular weight excluding hydrogens is 369 g/mol. The van der Waals surface area contributed by atoms with E-state index in [1.54, 1.807) is 33.6 Å². The van der Waals surface area contributed by atoms with E-state index in [1.165, 1.54) is 26.6 Å². The molecule has 4 aromatic heterocycles. The summed E-state index contributed by atoms with van der Waals surface area (Å²) in [6.45, 7) is 1.45. The highest BCUT2D eigenvalue weighted by Gasteiger charge is 2.18. The first kappa shape index (κ1) is 17.6. The molecule has 0 unspecified atom stereocenters. The number of alkyl halides is 1. The normalized spacial score (nSPS) is 12.2. The number of nitrogens with one attached hydrogen (secondary N) is 1. The van der Waals surface area contributed by atoms with Gasteiger partial charge in [0.15, 0.2) is 6.17 Å². The van der Waals surface area contributed by atoms with E-state index in [1.807, 2.05) is 0 Å². The van der Waals surface area contributed by atoms with Crippen LogP contribution in [0.15, 0.2) is 41.5 Å². The van der Waals surface area contributed by atoms with Crippen molar-refractivity contribution in [1.82, 2.24) is 29.4 Å². The molecule has 11 heteroatoms. The summed E-state index contributed by atoms with van der Waals surface area (Å²) in [5, 5.41) is 14.4. The zero-order valence-corrected chi connectivity index (χ0v) is 15.0. The number of nitrogens with zero attached hydrogens (tertiary/aromatic N) is 6. The fourth-order valence-corrected chi connectivity index (χ4v) is 2.74. The molecule has 0 saturated carbocycles. The molecule has 28 heavy (non-hydrogen) atoms. The summed E-state index contributed by atoms with van der Waals surface area (Å²) in [6.07, 6.45) is 4.88. The van der Waals surface area contributed by atoms with Gasteiger partial charge in [0.2, 0.25) is 11.8 Å². The highest BCUT2D eigenvalue weighted by Crippen LogP contribution is 2.24. The minimum Gasteiger partial charge on any atom is -0.494 e. The number of anilines is 1. The van der Waals surface area contributed by atoms with Crippen LogP contribution < -0.4 is 10.1 Å². The summed E-state index contributed by atoms with van der Waals surface area (Å²) < 4.78 is 27.0. The molecule has 0 radical (unpaired) electrons. The smallest absolute Gasteiger partial charge is 0.259 e. The van der Waals surface area contributed by atoms with Gasteiger partial charge < -0.3 is 19.0 Å². The summed E-state index contributed by atoms with van der Waals surface area (Å²) in [4.78, 5) is 16.8. The lowest BCUT2D eigenvalue weighted by atomic mass is 10.2. The van der Waals surface area contributed by atoms with Crippen LogP contribution in [0.25, 0.3) is 5.52 Å². The second-order valence-electron chi connectivity index (χ2n) is 5.93. The van der Waals surface area contributed by atoms with Gasteiger partial charge in [0.25, 0.3) is 5.91 Å². The van der Waals surface area contributed by atoms with E-state index in [0.29, 0.717) is 22.6 Å². The van der Waals surface area contributed by atoms with E-state index >= 15 is 0 Å². The third kappa shape index (κ3) is 3.17. The number of imidazole rings is 1. The molecule has 0 spiro atoms. The van der Waals surface area contributed by atoms with Gasteiger partial charge >= 0.3 is 0 Å². The molecule has 0 aliphatic heterocycles. The Balaban J connectivity index is 1.57. The van der Waals surface area contributed by atoms with E-state index < -0.39 is 6.17 Å². The Kier molecular flexibility index (Phi) is 4.47. The summed E-state index contributed by atoms with van der Waals surface area (Å²) in [6, 6.07) is 3.32. The van der Waals surface area contributed by atoms with Crippen molar-refractivity contribution in [2.24, 2.45) is 0 Å². The Morgan fingerprint density at radius 2 is 2.25 bits per heavy atom. The van der Waals surface area contributed by atoms with Gasteiger partial charge in [-0.3, -0.25) is 4.79 Å². The Labute approximate surface area is 158 Å². The van der Waals surface area contributed by atoms with E-state index in [2.05, 4.69) is 25.6 Å². The first-order chi connectivity index (χ1) is 13.6. The molecule has 1 N–H and O–H groups in total. The van der Waals surface area contributed by atoms with Gasteiger partial charge in [-0.25, -0.2) is 13.9 Å². The largest absolute Gasteiger partial charge is 0.494 e. The van der Waals surface area contributed by atoms with Gasteiger partial charge in [0.05, 0.1) is 31.4 Å². The van der Waals surface area contributed by atoms with Crippen molar-refractivity contribution < 1.29 is 18.3 Å². The predicted molar refractivity (Wildman–Crippen MR) is 94.8 cm³/mol. The lowest BCUT2D eigenvalue weighted by molar-refractivity contribution is 0.102. The maximum absolute atomic E-state index is 13.2. The number of methoxy groups -OCH3 is 1. The maximum atomic E-state index is 13.2. The third-order valence-corrected chi connectivity index (χ3v) is 4.06. The Bertz CT molecular complexity index is 1130. The molecule has 0 fully saturated rings. The third-order valence-electron chi connectivity index (χ3n) is 4.06. The number of hydrogen-bond donors (Lipinski definition) is 1. The van der Waals surface area contributed by atoms with Crippen LogP contribution in [-0.4, -0.2) is 42.4 Å². The number of aromatic nitrogens is 6. The van der Waals surface area contributed by atoms with Crippen LogP contribution in [0.1, 0.15) is 35.2 Å². The van der Waals surface area contributed by atoms with Crippen molar-refractivity contribution in [2.45, 2.75) is 19.6 Å². The number of hydrogen-bond acceptors (Lipinski definition) is 7. The second-order valence-corrected chi connectivity index (χ2v) is 5.93. The van der Waals surface area contributed by atoms with Crippen LogP contribution in [0, 0.1) is 0 Å². The molecule has 1 atom stereocenters. The lowest BCUT2D eigenvalue weighted by Gasteiger charge is -2.08. The van der Waals surface area contributed by atoms with E-state index in [0.717, 1.165) is 0 Å². The molecule has 0 aliphatic carbocycles. The van der Waals surface area contributed by atoms with Gasteiger partial charge in [0.1, 0.15) is 23.6 Å². The molecular formula is C17H16FN7O3. The quantitative estimate of drug-likeness (QED) is 0.542. The minimum absolute atomic E-state index is 0.0967. The molecule has 4 rings (SSSR count). The number of carbonyl (C=O) groups is 1. The van der Waals surface area contributed by atoms with Gasteiger partial charge in [-0.1, -0.05) is 0 Å². The topological polar surface area (TPSA) is 112 Å². The summed E-state index contributed by atoms with van der Waals surface area (Å²) in [5.41, 5.74) is 0.941. The molecule has 0 aliphatic rings. The van der Waals surface area contributed by atoms with Crippen LogP contribution in [0.3, 0.4) is 0 Å². The average molecular weight is 385 g/mol. The molecule has 1 amide bonds. The van der Waals surface area contributed by atoms with Gasteiger partial charge in [0, 0.05) is 12.3 Å². The van der Waals surface area contributed by atoms with Crippen molar-refractivity contribution in [3.8, 4) is 5.75 Å². The number of fused-ring (bicyclic) bond motifs is 1. The highest BCUT2D eigenvalue weighted by atomic mass is 19.1. The van der Waals surface area contributed by atoms with Crippen molar-refractivity contribution in [3.05, 3.63) is 54.4 Å². The van der Waals surface area contributed by atoms with Gasteiger partial charge in [-0.2, -0.15) is 5.10 Å². The first-order valence-electron chi connectivity index (χ1n) is 8.35. The number of amides is 1. The standard InChI is InChI=1S/C17H16FN7O3/c1-10(18)17-23-22-14(28-17)8-24-9-19-7-13(24)21-16(26)11-4-6-25-15(11)12(27-2)3-5-20-25/h3-7,9-10H,8H2,1-2H3,(H,21,26)/t10-/m0/s1. The molecule has 4 heterocycles. The zero-order valence-electron chi connectivity index (χ0n) is 15.0. The Hall–Kier alpha value is -3.76. The number of carbonyl (C=O) groups excluding carboxylic acids is 1. The van der Waals surface area contributed by atoms with E-state index in [4.69, 9.17) is 9.15 Å². The molecule has 10 nitrogen and oxygen atoms in total. The number of halogens is 1. The number of ether oxygens (including phenoxy) is 1. The van der Waals surface area contributed by atoms with E-state index in [9.17, 15) is 9.18 Å². The second kappa shape index (κ2) is 7.10. The molecule has 0 bridgehead atoms. The van der Waals surface area contributed by atoms with Crippen LogP contribution in [0.5, 0.6) is 5.75 Å². The molecule has 144 valence electrons. The summed E-state index contributed by atoms with van der Waals surface area (Å²) in [5.74, 6) is 0.686. The van der Waals surface area contributed by atoms with Crippen LogP contribution >= 0.6 is 0 Å². The molecule has 4 aromatic rings. The highest BCUT2D eigenvalue weighted by molar-refractivity contribution is 6.09. The van der Waals surface area contributed by atoms with Crippen molar-refractivity contribution in [3.63, 3.8) is 0 Å².